The fraction of sp³-hybridized carbons (Fsp3) is 0.212. The number of Topliss-reactive ketones (excluding diaryl/α,β-unsaturated/α-hetero) is 1. The standard InChI is InChI=1S/C33H30N2O6/c1-38-28-18-22(19-29(39-2)32(28)40-3)31-30-24(16-21(17-26(30)36)27-14-9-15-41-27)34-23-12-7-8-13-25(23)35(31)33(37)20-10-5-4-6-11-20/h4-15,18-19,21,31,34H,16-17H2,1-3H3/t21-,31-/m0/s1. The third kappa shape index (κ3) is 4.61. The van der Waals surface area contributed by atoms with Gasteiger partial charge in [-0.15, -0.1) is 0 Å². The predicted octanol–water partition coefficient (Wildman–Crippen LogP) is 6.52. The van der Waals surface area contributed by atoms with Crippen LogP contribution in [0.1, 0.15) is 46.5 Å². The number of fused-ring (bicyclic) bond motifs is 1. The number of nitrogens with zero attached hydrogens (tertiary/aromatic N) is 1. The summed E-state index contributed by atoms with van der Waals surface area (Å²) in [5.41, 5.74) is 3.80. The van der Waals surface area contributed by atoms with Crippen LogP contribution < -0.4 is 24.4 Å². The number of hydrogen-bond donors (Lipinski definition) is 1. The van der Waals surface area contributed by atoms with Gasteiger partial charge in [-0.1, -0.05) is 30.3 Å². The van der Waals surface area contributed by atoms with E-state index >= 15 is 0 Å². The second-order valence-corrected chi connectivity index (χ2v) is 9.98. The normalized spacial score (nSPS) is 18.1. The van der Waals surface area contributed by atoms with Crippen LogP contribution in [0.5, 0.6) is 17.2 Å². The summed E-state index contributed by atoms with van der Waals surface area (Å²) in [4.78, 5) is 30.3. The van der Waals surface area contributed by atoms with Gasteiger partial charge in [0.25, 0.3) is 5.91 Å². The molecule has 1 aliphatic carbocycles. The molecule has 2 atom stereocenters. The molecule has 1 aromatic heterocycles. The summed E-state index contributed by atoms with van der Waals surface area (Å²) >= 11 is 0. The fourth-order valence-electron chi connectivity index (χ4n) is 5.83. The Labute approximate surface area is 238 Å². The maximum atomic E-state index is 14.4. The molecule has 8 heteroatoms. The molecule has 0 unspecified atom stereocenters. The Morgan fingerprint density at radius 1 is 0.878 bits per heavy atom. The number of allylic oxidation sites excluding steroid dienone is 1. The van der Waals surface area contributed by atoms with Gasteiger partial charge in [-0.05, 0) is 60.5 Å². The number of carbonyl (C=O) groups is 2. The molecule has 3 aromatic carbocycles. The Morgan fingerprint density at radius 2 is 1.59 bits per heavy atom. The highest BCUT2D eigenvalue weighted by Gasteiger charge is 2.43. The van der Waals surface area contributed by atoms with Crippen LogP contribution in [0.25, 0.3) is 0 Å². The lowest BCUT2D eigenvalue weighted by Gasteiger charge is -2.35. The molecule has 0 bridgehead atoms. The topological polar surface area (TPSA) is 90.2 Å². The average Bonchev–Trinajstić information content (AvgIpc) is 3.50. The zero-order valence-corrected chi connectivity index (χ0v) is 23.0. The van der Waals surface area contributed by atoms with Crippen molar-refractivity contribution in [3.63, 3.8) is 0 Å². The molecular weight excluding hydrogens is 520 g/mol. The molecule has 0 saturated carbocycles. The van der Waals surface area contributed by atoms with E-state index in [2.05, 4.69) is 5.32 Å². The van der Waals surface area contributed by atoms with Crippen LogP contribution >= 0.6 is 0 Å². The van der Waals surface area contributed by atoms with Crippen LogP contribution in [-0.4, -0.2) is 33.0 Å². The second-order valence-electron chi connectivity index (χ2n) is 9.98. The molecule has 6 rings (SSSR count). The average molecular weight is 551 g/mol. The fourth-order valence-corrected chi connectivity index (χ4v) is 5.83. The molecule has 2 heterocycles. The van der Waals surface area contributed by atoms with Gasteiger partial charge in [-0.3, -0.25) is 14.5 Å². The number of ketones is 1. The van der Waals surface area contributed by atoms with E-state index in [1.54, 1.807) is 37.5 Å². The molecule has 41 heavy (non-hydrogen) atoms. The monoisotopic (exact) mass is 550 g/mol. The first kappa shape index (κ1) is 26.3. The van der Waals surface area contributed by atoms with E-state index in [-0.39, 0.29) is 24.0 Å². The van der Waals surface area contributed by atoms with Crippen LogP contribution in [0.4, 0.5) is 11.4 Å². The Balaban J connectivity index is 1.62. The van der Waals surface area contributed by atoms with Gasteiger partial charge in [0, 0.05) is 29.2 Å². The van der Waals surface area contributed by atoms with Crippen molar-refractivity contribution in [2.75, 3.05) is 31.5 Å². The van der Waals surface area contributed by atoms with Crippen LogP contribution in [0, 0.1) is 0 Å². The first-order chi connectivity index (χ1) is 20.0. The summed E-state index contributed by atoms with van der Waals surface area (Å²) < 4.78 is 22.6. The number of amides is 1. The number of carbonyl (C=O) groups excluding carboxylic acids is 2. The molecule has 1 amide bonds. The highest BCUT2D eigenvalue weighted by atomic mass is 16.5. The molecule has 0 fully saturated rings. The maximum Gasteiger partial charge on any atom is 0.259 e. The second kappa shape index (κ2) is 10.9. The first-order valence-electron chi connectivity index (χ1n) is 13.4. The highest BCUT2D eigenvalue weighted by molar-refractivity contribution is 6.12. The van der Waals surface area contributed by atoms with E-state index in [0.29, 0.717) is 46.1 Å². The molecule has 2 aliphatic rings. The van der Waals surface area contributed by atoms with E-state index in [1.807, 2.05) is 66.7 Å². The number of furan rings is 1. The number of ether oxygens (including phenoxy) is 3. The van der Waals surface area contributed by atoms with Crippen molar-refractivity contribution in [3.05, 3.63) is 113 Å². The Kier molecular flexibility index (Phi) is 6.97. The molecule has 0 spiro atoms. The first-order valence-corrected chi connectivity index (χ1v) is 13.4. The molecule has 0 saturated heterocycles. The third-order valence-electron chi connectivity index (χ3n) is 7.68. The van der Waals surface area contributed by atoms with Gasteiger partial charge in [0.2, 0.25) is 5.75 Å². The van der Waals surface area contributed by atoms with Crippen molar-refractivity contribution in [1.29, 1.82) is 0 Å². The van der Waals surface area contributed by atoms with Crippen molar-refractivity contribution < 1.29 is 28.2 Å². The number of benzene rings is 3. The minimum Gasteiger partial charge on any atom is -0.493 e. The van der Waals surface area contributed by atoms with Gasteiger partial charge in [-0.2, -0.15) is 0 Å². The van der Waals surface area contributed by atoms with Crippen molar-refractivity contribution in [1.82, 2.24) is 0 Å². The smallest absolute Gasteiger partial charge is 0.259 e. The highest BCUT2D eigenvalue weighted by Crippen LogP contribution is 2.50. The Hall–Kier alpha value is -4.98. The van der Waals surface area contributed by atoms with Gasteiger partial charge >= 0.3 is 0 Å². The van der Waals surface area contributed by atoms with E-state index in [1.165, 1.54) is 7.11 Å². The molecule has 8 nitrogen and oxygen atoms in total. The summed E-state index contributed by atoms with van der Waals surface area (Å²) in [6.45, 7) is 0. The summed E-state index contributed by atoms with van der Waals surface area (Å²) in [5, 5.41) is 3.54. The number of nitrogens with one attached hydrogen (secondary N) is 1. The molecule has 1 N–H and O–H groups in total. The van der Waals surface area contributed by atoms with Crippen molar-refractivity contribution in [2.24, 2.45) is 0 Å². The van der Waals surface area contributed by atoms with Gasteiger partial charge < -0.3 is 23.9 Å². The van der Waals surface area contributed by atoms with Crippen LogP contribution in [-0.2, 0) is 4.79 Å². The number of rotatable bonds is 6. The van der Waals surface area contributed by atoms with Gasteiger partial charge in [-0.25, -0.2) is 0 Å². The Morgan fingerprint density at radius 3 is 2.24 bits per heavy atom. The van der Waals surface area contributed by atoms with Gasteiger partial charge in [0.15, 0.2) is 17.3 Å². The number of para-hydroxylation sites is 2. The van der Waals surface area contributed by atoms with E-state index in [0.717, 1.165) is 17.1 Å². The van der Waals surface area contributed by atoms with Crippen molar-refractivity contribution in [2.45, 2.75) is 24.8 Å². The number of anilines is 2. The molecule has 0 radical (unpaired) electrons. The lowest BCUT2D eigenvalue weighted by Crippen LogP contribution is -2.38. The number of hydrogen-bond acceptors (Lipinski definition) is 7. The van der Waals surface area contributed by atoms with E-state index in [9.17, 15) is 9.59 Å². The SMILES string of the molecule is COc1cc([C@H]2C3=C(C[C@H](c4ccco4)CC3=O)Nc3ccccc3N2C(=O)c2ccccc2)cc(OC)c1OC. The lowest BCUT2D eigenvalue weighted by molar-refractivity contribution is -0.116. The minimum absolute atomic E-state index is 0.0717. The quantitative estimate of drug-likeness (QED) is 0.292. The summed E-state index contributed by atoms with van der Waals surface area (Å²) in [6, 6.07) is 23.2. The molecule has 1 aliphatic heterocycles. The van der Waals surface area contributed by atoms with Gasteiger partial charge in [0.05, 0.1) is 45.0 Å². The van der Waals surface area contributed by atoms with E-state index < -0.39 is 6.04 Å². The molecular formula is C33H30N2O6. The molecule has 208 valence electrons. The summed E-state index contributed by atoms with van der Waals surface area (Å²) in [5.74, 6) is 1.59. The molecule has 4 aromatic rings. The zero-order chi connectivity index (χ0) is 28.5. The zero-order valence-electron chi connectivity index (χ0n) is 23.0. The summed E-state index contributed by atoms with van der Waals surface area (Å²) in [6.07, 6.45) is 2.41. The predicted molar refractivity (Wildman–Crippen MR) is 155 cm³/mol. The van der Waals surface area contributed by atoms with Crippen LogP contribution in [0.15, 0.2) is 101 Å². The van der Waals surface area contributed by atoms with Crippen LogP contribution in [0.2, 0.25) is 0 Å². The van der Waals surface area contributed by atoms with E-state index in [4.69, 9.17) is 18.6 Å². The summed E-state index contributed by atoms with van der Waals surface area (Å²) in [7, 11) is 4.63. The maximum absolute atomic E-state index is 14.4. The number of methoxy groups -OCH3 is 3. The largest absolute Gasteiger partial charge is 0.493 e. The minimum atomic E-state index is -0.785. The van der Waals surface area contributed by atoms with Crippen LogP contribution in [0.3, 0.4) is 0 Å². The van der Waals surface area contributed by atoms with Gasteiger partial charge in [0.1, 0.15) is 5.76 Å². The van der Waals surface area contributed by atoms with Crippen molar-refractivity contribution in [3.8, 4) is 17.2 Å². The third-order valence-corrected chi connectivity index (χ3v) is 7.68. The van der Waals surface area contributed by atoms with Crippen molar-refractivity contribution >= 4 is 23.1 Å². The Bertz CT molecular complexity index is 1600. The lowest BCUT2D eigenvalue weighted by atomic mass is 9.79.